The molecule has 0 bridgehead atoms. The first-order valence-corrected chi connectivity index (χ1v) is 11.6. The quantitative estimate of drug-likeness (QED) is 0.276. The lowest BCUT2D eigenvalue weighted by Crippen LogP contribution is -2.12. The van der Waals surface area contributed by atoms with Crippen LogP contribution in [0.25, 0.3) is 16.9 Å². The van der Waals surface area contributed by atoms with E-state index in [0.717, 1.165) is 15.6 Å². The molecule has 0 aliphatic carbocycles. The number of nitrogens with one attached hydrogen (secondary N) is 1. The Morgan fingerprint density at radius 2 is 1.83 bits per heavy atom. The Hall–Kier alpha value is -3.82. The molecule has 1 amide bonds. The smallest absolute Gasteiger partial charge is 0.280 e. The first-order chi connectivity index (χ1) is 17.3. The first kappa shape index (κ1) is 23.9. The maximum Gasteiger partial charge on any atom is 0.280 e. The van der Waals surface area contributed by atoms with E-state index in [1.54, 1.807) is 41.2 Å². The predicted molar refractivity (Wildman–Crippen MR) is 134 cm³/mol. The molecule has 1 N–H and O–H groups in total. The summed E-state index contributed by atoms with van der Waals surface area (Å²) in [5.74, 6) is -0.553. The SMILES string of the molecule is Cc1ccc(-c2cc(C(F)F)n3ncc(C(=O)Nc4cnn(Cc5ccc(Cl)cc5Cl)c4)c3n2)cc1. The molecule has 0 radical (unpaired) electrons. The molecule has 0 saturated carbocycles. The highest BCUT2D eigenvalue weighted by molar-refractivity contribution is 6.35. The van der Waals surface area contributed by atoms with E-state index in [0.29, 0.717) is 33.5 Å². The fraction of sp³-hybridized carbons (Fsp3) is 0.120. The number of carbonyl (C=O) groups is 1. The first-order valence-electron chi connectivity index (χ1n) is 10.8. The van der Waals surface area contributed by atoms with Crippen molar-refractivity contribution in [1.82, 2.24) is 24.4 Å². The van der Waals surface area contributed by atoms with E-state index in [2.05, 4.69) is 20.5 Å². The number of aromatic nitrogens is 5. The summed E-state index contributed by atoms with van der Waals surface area (Å²) in [7, 11) is 0. The van der Waals surface area contributed by atoms with Crippen molar-refractivity contribution in [2.45, 2.75) is 19.9 Å². The second-order valence-electron chi connectivity index (χ2n) is 8.14. The summed E-state index contributed by atoms with van der Waals surface area (Å²) in [5.41, 5.74) is 2.94. The van der Waals surface area contributed by atoms with Crippen molar-refractivity contribution in [1.29, 1.82) is 0 Å². The number of halogens is 4. The third-order valence-corrected chi connectivity index (χ3v) is 6.14. The summed E-state index contributed by atoms with van der Waals surface area (Å²) in [6, 6.07) is 13.8. The van der Waals surface area contributed by atoms with Gasteiger partial charge in [0.15, 0.2) is 5.65 Å². The van der Waals surface area contributed by atoms with Crippen LogP contribution in [0.4, 0.5) is 14.5 Å². The van der Waals surface area contributed by atoms with E-state index in [4.69, 9.17) is 23.2 Å². The van der Waals surface area contributed by atoms with Gasteiger partial charge < -0.3 is 5.32 Å². The van der Waals surface area contributed by atoms with Crippen LogP contribution in [0.15, 0.2) is 67.1 Å². The number of rotatable bonds is 6. The molecule has 2 aromatic carbocycles. The van der Waals surface area contributed by atoms with Crippen LogP contribution < -0.4 is 5.32 Å². The van der Waals surface area contributed by atoms with Crippen LogP contribution in [0.5, 0.6) is 0 Å². The van der Waals surface area contributed by atoms with Crippen molar-refractivity contribution < 1.29 is 13.6 Å². The minimum atomic E-state index is -2.81. The van der Waals surface area contributed by atoms with Gasteiger partial charge in [-0.1, -0.05) is 59.1 Å². The van der Waals surface area contributed by atoms with Gasteiger partial charge in [-0.2, -0.15) is 10.2 Å². The molecular weight excluding hydrogens is 509 g/mol. The van der Waals surface area contributed by atoms with Gasteiger partial charge in [0.05, 0.1) is 30.3 Å². The fourth-order valence-electron chi connectivity index (χ4n) is 3.71. The van der Waals surface area contributed by atoms with Crippen LogP contribution in [-0.4, -0.2) is 30.3 Å². The van der Waals surface area contributed by atoms with Gasteiger partial charge in [0.2, 0.25) is 0 Å². The van der Waals surface area contributed by atoms with Gasteiger partial charge in [0.1, 0.15) is 11.3 Å². The minimum Gasteiger partial charge on any atom is -0.319 e. The zero-order valence-corrected chi connectivity index (χ0v) is 20.3. The fourth-order valence-corrected chi connectivity index (χ4v) is 4.18. The summed E-state index contributed by atoms with van der Waals surface area (Å²) >= 11 is 12.2. The zero-order valence-electron chi connectivity index (χ0n) is 18.8. The molecule has 11 heteroatoms. The highest BCUT2D eigenvalue weighted by Gasteiger charge is 2.22. The van der Waals surface area contributed by atoms with E-state index in [1.807, 2.05) is 19.1 Å². The molecule has 5 aromatic rings. The lowest BCUT2D eigenvalue weighted by Gasteiger charge is -2.09. The molecule has 3 heterocycles. The van der Waals surface area contributed by atoms with Crippen molar-refractivity contribution in [3.8, 4) is 11.3 Å². The predicted octanol–water partition coefficient (Wildman–Crippen LogP) is 6.45. The minimum absolute atomic E-state index is 0.0289. The van der Waals surface area contributed by atoms with Gasteiger partial charge in [-0.25, -0.2) is 18.3 Å². The van der Waals surface area contributed by atoms with Crippen LogP contribution in [0, 0.1) is 6.92 Å². The molecule has 0 saturated heterocycles. The molecule has 0 spiro atoms. The van der Waals surface area contributed by atoms with Crippen LogP contribution in [-0.2, 0) is 6.54 Å². The Morgan fingerprint density at radius 1 is 1.06 bits per heavy atom. The highest BCUT2D eigenvalue weighted by Crippen LogP contribution is 2.27. The third kappa shape index (κ3) is 4.80. The van der Waals surface area contributed by atoms with Gasteiger partial charge in [0.25, 0.3) is 12.3 Å². The van der Waals surface area contributed by atoms with E-state index in [1.165, 1.54) is 18.5 Å². The largest absolute Gasteiger partial charge is 0.319 e. The highest BCUT2D eigenvalue weighted by atomic mass is 35.5. The molecule has 0 aliphatic rings. The molecule has 7 nitrogen and oxygen atoms in total. The summed E-state index contributed by atoms with van der Waals surface area (Å²) in [4.78, 5) is 17.5. The van der Waals surface area contributed by atoms with Gasteiger partial charge in [-0.3, -0.25) is 9.48 Å². The lowest BCUT2D eigenvalue weighted by molar-refractivity contribution is 0.102. The van der Waals surface area contributed by atoms with Crippen molar-refractivity contribution in [2.75, 3.05) is 5.32 Å². The topological polar surface area (TPSA) is 77.1 Å². The number of amides is 1. The number of alkyl halides is 2. The molecule has 0 fully saturated rings. The number of fused-ring (bicyclic) bond motifs is 1. The Kier molecular flexibility index (Phi) is 6.42. The van der Waals surface area contributed by atoms with Gasteiger partial charge in [-0.15, -0.1) is 0 Å². The van der Waals surface area contributed by atoms with E-state index < -0.39 is 12.3 Å². The van der Waals surface area contributed by atoms with E-state index in [9.17, 15) is 13.6 Å². The number of benzene rings is 2. The Morgan fingerprint density at radius 3 is 2.56 bits per heavy atom. The number of anilines is 1. The number of hydrogen-bond donors (Lipinski definition) is 1. The number of hydrogen-bond acceptors (Lipinski definition) is 4. The summed E-state index contributed by atoms with van der Waals surface area (Å²) < 4.78 is 30.2. The average Bonchev–Trinajstić information content (AvgIpc) is 3.47. The Balaban J connectivity index is 1.43. The van der Waals surface area contributed by atoms with E-state index in [-0.39, 0.29) is 16.9 Å². The van der Waals surface area contributed by atoms with Crippen molar-refractivity contribution in [3.05, 3.63) is 99.6 Å². The molecule has 0 aliphatic heterocycles. The van der Waals surface area contributed by atoms with Gasteiger partial charge in [0, 0.05) is 21.8 Å². The van der Waals surface area contributed by atoms with Crippen LogP contribution in [0.3, 0.4) is 0 Å². The van der Waals surface area contributed by atoms with Crippen LogP contribution in [0.2, 0.25) is 10.0 Å². The zero-order chi connectivity index (χ0) is 25.4. The number of nitrogens with zero attached hydrogens (tertiary/aromatic N) is 5. The maximum atomic E-state index is 13.8. The second kappa shape index (κ2) is 9.67. The standard InChI is InChI=1S/C25H18Cl2F2N6O/c1-14-2-4-15(5-3-14)21-9-22(23(28)29)35-24(33-21)19(11-31-35)25(36)32-18-10-30-34(13-18)12-16-6-7-17(26)8-20(16)27/h2-11,13,23H,12H2,1H3,(H,32,36). The number of aryl methyl sites for hydroxylation is 1. The Labute approximate surface area is 214 Å². The van der Waals surface area contributed by atoms with Gasteiger partial charge >= 0.3 is 0 Å². The average molecular weight is 527 g/mol. The molecule has 0 atom stereocenters. The molecular formula is C25H18Cl2F2N6O. The third-order valence-electron chi connectivity index (χ3n) is 5.55. The molecule has 182 valence electrons. The Bertz CT molecular complexity index is 1580. The monoisotopic (exact) mass is 526 g/mol. The summed E-state index contributed by atoms with van der Waals surface area (Å²) in [6.07, 6.45) is 1.52. The van der Waals surface area contributed by atoms with Crippen LogP contribution >= 0.6 is 23.2 Å². The normalized spacial score (nSPS) is 11.4. The van der Waals surface area contributed by atoms with Crippen molar-refractivity contribution >= 4 is 40.4 Å². The van der Waals surface area contributed by atoms with Gasteiger partial charge in [-0.05, 0) is 30.7 Å². The molecule has 5 rings (SSSR count). The number of carbonyl (C=O) groups excluding carboxylic acids is 1. The van der Waals surface area contributed by atoms with Crippen molar-refractivity contribution in [3.63, 3.8) is 0 Å². The molecule has 3 aromatic heterocycles. The summed E-state index contributed by atoms with van der Waals surface area (Å²) in [6.45, 7) is 2.29. The molecule has 36 heavy (non-hydrogen) atoms. The van der Waals surface area contributed by atoms with Crippen LogP contribution in [0.1, 0.15) is 33.6 Å². The lowest BCUT2D eigenvalue weighted by atomic mass is 10.1. The summed E-state index contributed by atoms with van der Waals surface area (Å²) in [5, 5.41) is 12.0. The van der Waals surface area contributed by atoms with Crippen molar-refractivity contribution in [2.24, 2.45) is 0 Å². The second-order valence-corrected chi connectivity index (χ2v) is 8.99. The van der Waals surface area contributed by atoms with E-state index >= 15 is 0 Å². The maximum absolute atomic E-state index is 13.8. The molecule has 0 unspecified atom stereocenters.